The maximum Gasteiger partial charge on any atom is 0.160 e. The lowest BCUT2D eigenvalue weighted by Crippen LogP contribution is -2.06. The second kappa shape index (κ2) is 13.3. The van der Waals surface area contributed by atoms with Gasteiger partial charge >= 0.3 is 0 Å². The normalized spacial score (nSPS) is 12.4. The van der Waals surface area contributed by atoms with Gasteiger partial charge in [-0.1, -0.05) is 172 Å². The van der Waals surface area contributed by atoms with Gasteiger partial charge in [-0.2, -0.15) is 0 Å². The number of rotatable bonds is 5. The van der Waals surface area contributed by atoms with Gasteiger partial charge in [-0.05, 0) is 63.9 Å². The zero-order chi connectivity index (χ0) is 38.2. The molecular formula is C53H31IN2O2. The Bertz CT molecular complexity index is 3450. The molecule has 0 fully saturated rings. The van der Waals surface area contributed by atoms with E-state index in [1.165, 1.54) is 34.5 Å². The second-order valence-electron chi connectivity index (χ2n) is 14.7. The second-order valence-corrected chi connectivity index (χ2v) is 17.4. The third-order valence-electron chi connectivity index (χ3n) is 11.2. The van der Waals surface area contributed by atoms with Crippen LogP contribution in [0, 0.1) is 3.57 Å². The Hall–Kier alpha value is -6.96. The number of hydrogen-bond acceptors (Lipinski definition) is 4. The highest BCUT2D eigenvalue weighted by atomic mass is 127. The predicted octanol–water partition coefficient (Wildman–Crippen LogP) is 14.3. The van der Waals surface area contributed by atoms with Crippen molar-refractivity contribution in [3.63, 3.8) is 0 Å². The third kappa shape index (κ3) is 5.45. The van der Waals surface area contributed by atoms with Gasteiger partial charge in [0.15, 0.2) is 5.82 Å². The molecule has 0 saturated heterocycles. The maximum absolute atomic E-state index is 6.71. The van der Waals surface area contributed by atoms with E-state index in [-0.39, 0.29) is 0 Å². The first-order valence-electron chi connectivity index (χ1n) is 19.4. The molecule has 0 aliphatic carbocycles. The lowest BCUT2D eigenvalue weighted by Gasteiger charge is -2.17. The monoisotopic (exact) mass is 854 g/mol. The van der Waals surface area contributed by atoms with Crippen LogP contribution in [-0.2, 0) is 0 Å². The minimum atomic E-state index is -0.544. The molecule has 1 aliphatic heterocycles. The standard InChI is InChI=1S/C53H31IN2O2/c1-2-12-32(13-3-1)45-31-46(38-17-10-16-37(28-38)39-20-11-21-41-40-18-6-8-22-47(40)57-51(39)41)56-53(55-45)34-26-24-33(25-27-34)50-52-49(42-19-7-9-23-48(42)58-52)43-29-35-14-4-5-15-36(35)30-44(43)54-50/h1-31H. The molecule has 4 nitrogen and oxygen atoms in total. The van der Waals surface area contributed by atoms with Crippen molar-refractivity contribution in [1.82, 2.24) is 9.97 Å². The van der Waals surface area contributed by atoms with Gasteiger partial charge < -0.3 is 8.83 Å². The van der Waals surface area contributed by atoms with Crippen LogP contribution in [0.2, 0.25) is 0 Å². The van der Waals surface area contributed by atoms with Gasteiger partial charge in [0.05, 0.1) is 14.9 Å². The minimum Gasteiger partial charge on any atom is -0.455 e. The Morgan fingerprint density at radius 1 is 0.397 bits per heavy atom. The van der Waals surface area contributed by atoms with Crippen LogP contribution in [0.15, 0.2) is 197 Å². The first-order valence-corrected chi connectivity index (χ1v) is 21.5. The number of benzene rings is 8. The van der Waals surface area contributed by atoms with Crippen LogP contribution in [0.1, 0.15) is 11.3 Å². The topological polar surface area (TPSA) is 52.1 Å². The molecule has 0 atom stereocenters. The van der Waals surface area contributed by atoms with E-state index < -0.39 is 20.7 Å². The molecule has 0 bridgehead atoms. The van der Waals surface area contributed by atoms with Crippen molar-refractivity contribution in [3.05, 3.63) is 203 Å². The zero-order valence-corrected chi connectivity index (χ0v) is 33.1. The fourth-order valence-corrected chi connectivity index (χ4v) is 11.4. The van der Waals surface area contributed by atoms with E-state index in [1.807, 2.05) is 18.2 Å². The Kier molecular flexibility index (Phi) is 7.63. The summed E-state index contributed by atoms with van der Waals surface area (Å²) < 4.78 is 15.8. The van der Waals surface area contributed by atoms with Crippen molar-refractivity contribution >= 4 is 67.9 Å². The van der Waals surface area contributed by atoms with E-state index in [2.05, 4.69) is 170 Å². The summed E-state index contributed by atoms with van der Waals surface area (Å²) in [5, 5.41) is 5.91. The predicted molar refractivity (Wildman–Crippen MR) is 246 cm³/mol. The van der Waals surface area contributed by atoms with E-state index in [0.717, 1.165) is 77.9 Å². The molecule has 8 aromatic carbocycles. The Labute approximate surface area is 343 Å². The summed E-state index contributed by atoms with van der Waals surface area (Å²) >= 11 is -0.544. The van der Waals surface area contributed by atoms with Crippen LogP contribution >= 0.6 is 20.7 Å². The molecular weight excluding hydrogens is 823 g/mol. The van der Waals surface area contributed by atoms with Crippen molar-refractivity contribution in [1.29, 1.82) is 0 Å². The van der Waals surface area contributed by atoms with Crippen LogP contribution in [0.25, 0.3) is 99.8 Å². The van der Waals surface area contributed by atoms with Crippen LogP contribution in [0.3, 0.4) is 0 Å². The van der Waals surface area contributed by atoms with Gasteiger partial charge in [-0.15, -0.1) is 0 Å². The minimum absolute atomic E-state index is 0.544. The molecule has 0 unspecified atom stereocenters. The smallest absolute Gasteiger partial charge is 0.160 e. The quantitative estimate of drug-likeness (QED) is 0.162. The van der Waals surface area contributed by atoms with E-state index in [9.17, 15) is 0 Å². The molecule has 0 radical (unpaired) electrons. The summed E-state index contributed by atoms with van der Waals surface area (Å²) in [6, 6.07) is 66.2. The van der Waals surface area contributed by atoms with Gasteiger partial charge in [0.1, 0.15) is 22.5 Å². The number of aromatic nitrogens is 2. The van der Waals surface area contributed by atoms with Gasteiger partial charge in [-0.25, -0.2) is 9.97 Å². The third-order valence-corrected chi connectivity index (χ3v) is 14.3. The number of para-hydroxylation sites is 3. The Balaban J connectivity index is 0.971. The molecule has 0 saturated carbocycles. The van der Waals surface area contributed by atoms with Gasteiger partial charge in [0.2, 0.25) is 0 Å². The molecule has 3 aromatic heterocycles. The highest BCUT2D eigenvalue weighted by Crippen LogP contribution is 2.46. The first-order chi connectivity index (χ1) is 28.7. The van der Waals surface area contributed by atoms with Gasteiger partial charge in [0, 0.05) is 47.5 Å². The van der Waals surface area contributed by atoms with E-state index in [1.54, 1.807) is 0 Å². The van der Waals surface area contributed by atoms with Crippen molar-refractivity contribution < 1.29 is 8.83 Å². The highest BCUT2D eigenvalue weighted by Gasteiger charge is 2.27. The molecule has 58 heavy (non-hydrogen) atoms. The van der Waals surface area contributed by atoms with E-state index in [0.29, 0.717) is 5.82 Å². The number of furan rings is 2. The number of fused-ring (bicyclic) bond motifs is 9. The van der Waals surface area contributed by atoms with Crippen LogP contribution in [0.4, 0.5) is 0 Å². The fourth-order valence-electron chi connectivity index (χ4n) is 8.35. The van der Waals surface area contributed by atoms with E-state index >= 15 is 0 Å². The average molecular weight is 855 g/mol. The molecule has 5 heteroatoms. The van der Waals surface area contributed by atoms with Crippen molar-refractivity contribution in [2.24, 2.45) is 0 Å². The largest absolute Gasteiger partial charge is 0.455 e. The lowest BCUT2D eigenvalue weighted by molar-refractivity contribution is 0.608. The lowest BCUT2D eigenvalue weighted by atomic mass is 9.96. The molecule has 12 rings (SSSR count). The van der Waals surface area contributed by atoms with Crippen molar-refractivity contribution in [3.8, 4) is 56.2 Å². The molecule has 0 amide bonds. The molecule has 0 spiro atoms. The molecule has 11 aromatic rings. The van der Waals surface area contributed by atoms with Crippen LogP contribution in [0.5, 0.6) is 0 Å². The first kappa shape index (κ1) is 33.2. The molecule has 272 valence electrons. The van der Waals surface area contributed by atoms with Crippen LogP contribution in [-0.4, -0.2) is 13.5 Å². The molecule has 4 heterocycles. The van der Waals surface area contributed by atoms with Crippen LogP contribution < -0.4 is 0 Å². The fraction of sp³-hybridized carbons (Fsp3) is 0. The van der Waals surface area contributed by atoms with Gasteiger partial charge in [0.25, 0.3) is 0 Å². The number of nitrogens with zero attached hydrogens (tertiary/aromatic N) is 2. The summed E-state index contributed by atoms with van der Waals surface area (Å²) in [7, 11) is 0. The SMILES string of the molecule is c1ccc(-c2cc(-c3cccc(-c4cccc5c4oc4ccccc45)c3)nc(-c3ccc(C4=Ic5cc6ccccc6cc5-c5c4oc4ccccc54)cc3)n2)cc1. The van der Waals surface area contributed by atoms with Crippen molar-refractivity contribution in [2.45, 2.75) is 0 Å². The summed E-state index contributed by atoms with van der Waals surface area (Å²) in [6.07, 6.45) is 0. The maximum atomic E-state index is 6.71. The van der Waals surface area contributed by atoms with Gasteiger partial charge in [-0.3, -0.25) is 0 Å². The summed E-state index contributed by atoms with van der Waals surface area (Å²) in [6.45, 7) is 0. The highest BCUT2D eigenvalue weighted by molar-refractivity contribution is 14.2. The summed E-state index contributed by atoms with van der Waals surface area (Å²) in [5.74, 6) is 1.67. The molecule has 0 N–H and O–H groups in total. The Morgan fingerprint density at radius 3 is 1.84 bits per heavy atom. The average Bonchev–Trinajstić information content (AvgIpc) is 3.88. The summed E-state index contributed by atoms with van der Waals surface area (Å²) in [4.78, 5) is 10.4. The van der Waals surface area contributed by atoms with E-state index in [4.69, 9.17) is 18.8 Å². The molecule has 1 aliphatic rings. The summed E-state index contributed by atoms with van der Waals surface area (Å²) in [5.41, 5.74) is 13.2. The zero-order valence-electron chi connectivity index (χ0n) is 31.0. The number of halogens is 1. The Morgan fingerprint density at radius 2 is 1.02 bits per heavy atom. The van der Waals surface area contributed by atoms with Crippen molar-refractivity contribution in [2.75, 3.05) is 0 Å². The number of hydrogen-bond donors (Lipinski definition) is 0.